The van der Waals surface area contributed by atoms with E-state index in [0.29, 0.717) is 24.6 Å². The van der Waals surface area contributed by atoms with Crippen LogP contribution in [0.15, 0.2) is 23.0 Å². The van der Waals surface area contributed by atoms with Crippen molar-refractivity contribution in [2.45, 2.75) is 38.8 Å². The van der Waals surface area contributed by atoms with E-state index in [9.17, 15) is 14.0 Å². The zero-order valence-corrected chi connectivity index (χ0v) is 15.9. The second kappa shape index (κ2) is 7.31. The number of aryl methyl sites for hydroxylation is 1. The van der Waals surface area contributed by atoms with E-state index in [0.717, 1.165) is 12.8 Å². The van der Waals surface area contributed by atoms with Gasteiger partial charge in [0.15, 0.2) is 11.2 Å². The molecule has 0 bridgehead atoms. The fraction of sp³-hybridized carbons (Fsp3) is 0.389. The zero-order chi connectivity index (χ0) is 19.8. The molecule has 0 spiro atoms. The minimum absolute atomic E-state index is 0.100. The number of rotatable bonds is 4. The molecule has 4 rings (SSSR count). The Morgan fingerprint density at radius 2 is 2.25 bits per heavy atom. The van der Waals surface area contributed by atoms with E-state index in [1.807, 2.05) is 0 Å². The summed E-state index contributed by atoms with van der Waals surface area (Å²) >= 11 is 6.05. The monoisotopic (exact) mass is 404 g/mol. The van der Waals surface area contributed by atoms with Crippen LogP contribution in [0.25, 0.3) is 11.2 Å². The van der Waals surface area contributed by atoms with Crippen molar-refractivity contribution in [3.8, 4) is 0 Å². The number of fused-ring (bicyclic) bond motifs is 1. The first kappa shape index (κ1) is 18.5. The summed E-state index contributed by atoms with van der Waals surface area (Å²) in [6.07, 6.45) is 1.51. The summed E-state index contributed by atoms with van der Waals surface area (Å²) < 4.78 is 15.6. The molecule has 8 nitrogen and oxygen atoms in total. The van der Waals surface area contributed by atoms with Gasteiger partial charge in [0, 0.05) is 17.1 Å². The highest BCUT2D eigenvalue weighted by Gasteiger charge is 2.30. The van der Waals surface area contributed by atoms with E-state index in [4.69, 9.17) is 11.6 Å². The number of aromatic nitrogens is 5. The maximum Gasteiger partial charge on any atom is 0.281 e. The molecule has 1 atom stereocenters. The van der Waals surface area contributed by atoms with Crippen molar-refractivity contribution in [1.29, 1.82) is 0 Å². The number of aromatic amines is 1. The molecule has 1 saturated heterocycles. The van der Waals surface area contributed by atoms with Crippen molar-refractivity contribution in [2.75, 3.05) is 6.54 Å². The molecule has 146 valence electrons. The van der Waals surface area contributed by atoms with E-state index in [1.165, 1.54) is 12.1 Å². The second-order valence-corrected chi connectivity index (χ2v) is 7.26. The molecule has 0 saturated carbocycles. The summed E-state index contributed by atoms with van der Waals surface area (Å²) in [6.45, 7) is 2.63. The van der Waals surface area contributed by atoms with Crippen LogP contribution in [0.1, 0.15) is 24.2 Å². The molecule has 3 heterocycles. The van der Waals surface area contributed by atoms with Crippen LogP contribution in [0.2, 0.25) is 5.02 Å². The van der Waals surface area contributed by atoms with Crippen molar-refractivity contribution < 1.29 is 9.18 Å². The van der Waals surface area contributed by atoms with Gasteiger partial charge in [-0.05, 0) is 31.9 Å². The summed E-state index contributed by atoms with van der Waals surface area (Å²) in [6, 6.07) is 4.24. The largest absolute Gasteiger partial charge is 0.338 e. The van der Waals surface area contributed by atoms with E-state index >= 15 is 0 Å². The van der Waals surface area contributed by atoms with E-state index in [2.05, 4.69) is 20.3 Å². The van der Waals surface area contributed by atoms with Gasteiger partial charge in [0.2, 0.25) is 5.91 Å². The number of carbonyl (C=O) groups is 1. The minimum Gasteiger partial charge on any atom is -0.338 e. The van der Waals surface area contributed by atoms with Gasteiger partial charge in [-0.25, -0.2) is 14.1 Å². The number of hydrogen-bond acceptors (Lipinski definition) is 5. The van der Waals surface area contributed by atoms with E-state index in [-0.39, 0.29) is 40.0 Å². The van der Waals surface area contributed by atoms with E-state index in [1.54, 1.807) is 22.6 Å². The summed E-state index contributed by atoms with van der Waals surface area (Å²) in [5.41, 5.74) is 0.412. The molecule has 2 aromatic heterocycles. The number of halogens is 2. The fourth-order valence-corrected chi connectivity index (χ4v) is 3.84. The fourth-order valence-electron chi connectivity index (χ4n) is 3.61. The summed E-state index contributed by atoms with van der Waals surface area (Å²) in [7, 11) is 0. The Bertz CT molecular complexity index is 1090. The molecule has 1 aliphatic heterocycles. The Balaban J connectivity index is 1.56. The molecular weight excluding hydrogens is 387 g/mol. The van der Waals surface area contributed by atoms with Gasteiger partial charge < -0.3 is 9.88 Å². The van der Waals surface area contributed by atoms with Crippen LogP contribution in [-0.4, -0.2) is 48.4 Å². The predicted molar refractivity (Wildman–Crippen MR) is 101 cm³/mol. The Hall–Kier alpha value is -2.81. The van der Waals surface area contributed by atoms with Crippen LogP contribution in [-0.2, 0) is 17.8 Å². The van der Waals surface area contributed by atoms with Crippen LogP contribution >= 0.6 is 11.6 Å². The molecule has 10 heteroatoms. The number of carbonyl (C=O) groups excluding carboxylic acids is 1. The Labute approximate surface area is 164 Å². The third-order valence-corrected chi connectivity index (χ3v) is 5.32. The molecule has 1 aromatic carbocycles. The van der Waals surface area contributed by atoms with Gasteiger partial charge in [0.1, 0.15) is 11.6 Å². The lowest BCUT2D eigenvalue weighted by Crippen LogP contribution is -2.39. The van der Waals surface area contributed by atoms with Crippen molar-refractivity contribution in [3.63, 3.8) is 0 Å². The number of hydrogen-bond donors (Lipinski definition) is 1. The number of amides is 1. The first-order valence-electron chi connectivity index (χ1n) is 8.96. The third kappa shape index (κ3) is 3.37. The van der Waals surface area contributed by atoms with Gasteiger partial charge in [-0.3, -0.25) is 9.59 Å². The van der Waals surface area contributed by atoms with Gasteiger partial charge >= 0.3 is 0 Å². The highest BCUT2D eigenvalue weighted by atomic mass is 35.5. The summed E-state index contributed by atoms with van der Waals surface area (Å²) in [4.78, 5) is 33.4. The number of H-pyrrole nitrogens is 1. The maximum atomic E-state index is 14.0. The van der Waals surface area contributed by atoms with Crippen molar-refractivity contribution >= 4 is 28.7 Å². The highest BCUT2D eigenvalue weighted by Crippen LogP contribution is 2.24. The molecule has 0 aliphatic carbocycles. The first-order chi connectivity index (χ1) is 13.4. The van der Waals surface area contributed by atoms with Crippen molar-refractivity contribution in [1.82, 2.24) is 29.9 Å². The lowest BCUT2D eigenvalue weighted by Gasteiger charge is -2.25. The molecule has 0 radical (unpaired) electrons. The topological polar surface area (TPSA) is 96.8 Å². The summed E-state index contributed by atoms with van der Waals surface area (Å²) in [5.74, 6) is -0.215. The molecule has 1 fully saturated rings. The molecule has 3 aromatic rings. The van der Waals surface area contributed by atoms with E-state index < -0.39 is 5.82 Å². The smallest absolute Gasteiger partial charge is 0.281 e. The quantitative estimate of drug-likeness (QED) is 0.715. The molecule has 0 unspecified atom stereocenters. The second-order valence-electron chi connectivity index (χ2n) is 6.86. The maximum absolute atomic E-state index is 14.0. The predicted octanol–water partition coefficient (Wildman–Crippen LogP) is 1.85. The van der Waals surface area contributed by atoms with Crippen molar-refractivity contribution in [2.24, 2.45) is 0 Å². The first-order valence-corrected chi connectivity index (χ1v) is 9.34. The number of likely N-dealkylation sites (tertiary alicyclic amines) is 1. The normalized spacial score (nSPS) is 16.8. The van der Waals surface area contributed by atoms with Gasteiger partial charge in [-0.1, -0.05) is 22.9 Å². The SMILES string of the molecule is Cc1nc2c(nnn2C[C@H]2CCCN2C(=O)Cc2c(F)cccc2Cl)c(=O)[nH]1. The molecule has 1 aliphatic rings. The van der Waals surface area contributed by atoms with Crippen molar-refractivity contribution in [3.05, 3.63) is 50.8 Å². The lowest BCUT2D eigenvalue weighted by atomic mass is 10.1. The zero-order valence-electron chi connectivity index (χ0n) is 15.2. The Morgan fingerprint density at radius 1 is 1.43 bits per heavy atom. The number of nitrogens with zero attached hydrogens (tertiary/aromatic N) is 5. The molecule has 1 amide bonds. The van der Waals surface area contributed by atoms with Crippen LogP contribution in [0.5, 0.6) is 0 Å². The average Bonchev–Trinajstić information content (AvgIpc) is 3.26. The highest BCUT2D eigenvalue weighted by molar-refractivity contribution is 6.31. The van der Waals surface area contributed by atoms with Crippen LogP contribution in [0.3, 0.4) is 0 Å². The van der Waals surface area contributed by atoms with Gasteiger partial charge in [-0.2, -0.15) is 0 Å². The van der Waals surface area contributed by atoms with Crippen LogP contribution < -0.4 is 5.56 Å². The Morgan fingerprint density at radius 3 is 3.04 bits per heavy atom. The molecule has 1 N–H and O–H groups in total. The standard InChI is InChI=1S/C18H18ClFN6O2/c1-10-21-17-16(18(28)22-10)23-24-26(17)9-11-4-3-7-25(11)15(27)8-12-13(19)5-2-6-14(12)20/h2,5-6,11H,3-4,7-9H2,1H3,(H,21,22,28)/t11-/m1/s1. The van der Waals surface area contributed by atoms with Gasteiger partial charge in [-0.15, -0.1) is 5.10 Å². The lowest BCUT2D eigenvalue weighted by molar-refractivity contribution is -0.131. The number of nitrogens with one attached hydrogen (secondary N) is 1. The van der Waals surface area contributed by atoms with Crippen LogP contribution in [0.4, 0.5) is 4.39 Å². The van der Waals surface area contributed by atoms with Crippen LogP contribution in [0, 0.1) is 12.7 Å². The van der Waals surface area contributed by atoms with Gasteiger partial charge in [0.25, 0.3) is 5.56 Å². The third-order valence-electron chi connectivity index (χ3n) is 4.96. The molecular formula is C18H18ClFN6O2. The molecule has 28 heavy (non-hydrogen) atoms. The Kier molecular flexibility index (Phi) is 4.84. The van der Waals surface area contributed by atoms with Gasteiger partial charge in [0.05, 0.1) is 19.0 Å². The average molecular weight is 405 g/mol. The minimum atomic E-state index is -0.488. The number of benzene rings is 1. The summed E-state index contributed by atoms with van der Waals surface area (Å²) in [5, 5.41) is 8.17.